The van der Waals surface area contributed by atoms with Crippen LogP contribution in [-0.2, 0) is 9.59 Å². The molecule has 1 aromatic rings. The van der Waals surface area contributed by atoms with E-state index in [1.54, 1.807) is 29.2 Å². The number of rotatable bonds is 4. The minimum atomic E-state index is -0.595. The summed E-state index contributed by atoms with van der Waals surface area (Å²) in [5.74, 6) is -0.350. The van der Waals surface area contributed by atoms with Crippen LogP contribution in [0.15, 0.2) is 24.3 Å². The van der Waals surface area contributed by atoms with E-state index in [0.29, 0.717) is 18.0 Å². The third-order valence-corrected chi connectivity index (χ3v) is 3.93. The third-order valence-electron chi connectivity index (χ3n) is 3.68. The predicted molar refractivity (Wildman–Crippen MR) is 83.2 cm³/mol. The Hall–Kier alpha value is -1.59. The third kappa shape index (κ3) is 3.54. The van der Waals surface area contributed by atoms with Crippen LogP contribution in [0.4, 0.5) is 5.69 Å². The first-order chi connectivity index (χ1) is 9.90. The number of carbonyl (C=O) groups excluding carboxylic acids is 2. The molecule has 2 rings (SSSR count). The van der Waals surface area contributed by atoms with Gasteiger partial charge in [-0.15, -0.1) is 0 Å². The molecule has 114 valence electrons. The summed E-state index contributed by atoms with van der Waals surface area (Å²) in [5, 5.41) is 3.36. The highest BCUT2D eigenvalue weighted by molar-refractivity contribution is 6.30. The van der Waals surface area contributed by atoms with Gasteiger partial charge in [0.15, 0.2) is 0 Å². The number of hydrogen-bond donors (Lipinski definition) is 2. The molecule has 1 aliphatic heterocycles. The number of nitrogens with zero attached hydrogens (tertiary/aromatic N) is 1. The topological polar surface area (TPSA) is 75.4 Å². The zero-order valence-electron chi connectivity index (χ0n) is 12.2. The minimum Gasteiger partial charge on any atom is -0.343 e. The van der Waals surface area contributed by atoms with E-state index >= 15 is 0 Å². The molecule has 1 heterocycles. The fourth-order valence-corrected chi connectivity index (χ4v) is 2.39. The van der Waals surface area contributed by atoms with Crippen LogP contribution in [0.25, 0.3) is 0 Å². The molecule has 1 aliphatic rings. The van der Waals surface area contributed by atoms with Crippen molar-refractivity contribution in [1.29, 1.82) is 0 Å². The number of amides is 2. The Morgan fingerprint density at radius 3 is 2.57 bits per heavy atom. The first kappa shape index (κ1) is 15.8. The minimum absolute atomic E-state index is 0.0360. The largest absolute Gasteiger partial charge is 0.343 e. The highest BCUT2D eigenvalue weighted by Gasteiger charge is 2.34. The molecule has 2 amide bonds. The number of benzene rings is 1. The van der Waals surface area contributed by atoms with Crippen LogP contribution in [-0.4, -0.2) is 30.4 Å². The van der Waals surface area contributed by atoms with Crippen molar-refractivity contribution in [3.05, 3.63) is 29.3 Å². The molecule has 1 saturated heterocycles. The maximum atomic E-state index is 12.4. The van der Waals surface area contributed by atoms with Crippen molar-refractivity contribution >= 4 is 29.1 Å². The normalized spacial score (nSPS) is 20.0. The van der Waals surface area contributed by atoms with Crippen LogP contribution in [0.1, 0.15) is 20.3 Å². The molecule has 0 aliphatic carbocycles. The molecule has 2 atom stereocenters. The van der Waals surface area contributed by atoms with Crippen molar-refractivity contribution in [3.63, 3.8) is 0 Å². The molecule has 5 nitrogen and oxygen atoms in total. The summed E-state index contributed by atoms with van der Waals surface area (Å²) in [5.41, 5.74) is 6.58. The van der Waals surface area contributed by atoms with Gasteiger partial charge in [0.2, 0.25) is 11.8 Å². The highest BCUT2D eigenvalue weighted by atomic mass is 35.5. The van der Waals surface area contributed by atoms with Crippen LogP contribution < -0.4 is 16.0 Å². The Morgan fingerprint density at radius 2 is 2.00 bits per heavy atom. The van der Waals surface area contributed by atoms with Gasteiger partial charge in [-0.05, 0) is 36.6 Å². The fourth-order valence-electron chi connectivity index (χ4n) is 2.26. The van der Waals surface area contributed by atoms with Gasteiger partial charge in [0, 0.05) is 17.3 Å². The Balaban J connectivity index is 2.01. The summed E-state index contributed by atoms with van der Waals surface area (Å²) in [6.45, 7) is 4.32. The SMILES string of the molecule is CC(C)[C@H](N)C(=O)NC1CCN(c2ccc(Cl)cc2)C1=O. The first-order valence-corrected chi connectivity index (χ1v) is 7.41. The zero-order chi connectivity index (χ0) is 15.6. The van der Waals surface area contributed by atoms with Crippen molar-refractivity contribution < 1.29 is 9.59 Å². The molecule has 0 bridgehead atoms. The van der Waals surface area contributed by atoms with Gasteiger partial charge in [0.1, 0.15) is 6.04 Å². The molecule has 0 aromatic heterocycles. The molecular weight excluding hydrogens is 290 g/mol. The molecule has 1 fully saturated rings. The molecule has 0 radical (unpaired) electrons. The number of hydrogen-bond acceptors (Lipinski definition) is 3. The molecule has 0 saturated carbocycles. The van der Waals surface area contributed by atoms with E-state index in [9.17, 15) is 9.59 Å². The van der Waals surface area contributed by atoms with Crippen LogP contribution in [0.3, 0.4) is 0 Å². The van der Waals surface area contributed by atoms with Gasteiger partial charge in [-0.2, -0.15) is 0 Å². The smallest absolute Gasteiger partial charge is 0.249 e. The molecule has 21 heavy (non-hydrogen) atoms. The summed E-state index contributed by atoms with van der Waals surface area (Å²) < 4.78 is 0. The monoisotopic (exact) mass is 309 g/mol. The lowest BCUT2D eigenvalue weighted by molar-refractivity contribution is -0.127. The Bertz CT molecular complexity index is 530. The Kier molecular flexibility index (Phi) is 4.85. The number of nitrogens with one attached hydrogen (secondary N) is 1. The second-order valence-electron chi connectivity index (χ2n) is 5.59. The number of halogens is 1. The van der Waals surface area contributed by atoms with E-state index in [2.05, 4.69) is 5.32 Å². The van der Waals surface area contributed by atoms with Crippen LogP contribution in [0.5, 0.6) is 0 Å². The van der Waals surface area contributed by atoms with Gasteiger partial charge in [-0.1, -0.05) is 25.4 Å². The lowest BCUT2D eigenvalue weighted by atomic mass is 10.0. The van der Waals surface area contributed by atoms with E-state index in [4.69, 9.17) is 17.3 Å². The van der Waals surface area contributed by atoms with Crippen molar-refractivity contribution in [1.82, 2.24) is 5.32 Å². The van der Waals surface area contributed by atoms with E-state index in [0.717, 1.165) is 5.69 Å². The van der Waals surface area contributed by atoms with Crippen LogP contribution in [0.2, 0.25) is 5.02 Å². The van der Waals surface area contributed by atoms with Crippen molar-refractivity contribution in [2.24, 2.45) is 11.7 Å². The van der Waals surface area contributed by atoms with Gasteiger partial charge in [0.25, 0.3) is 0 Å². The first-order valence-electron chi connectivity index (χ1n) is 7.03. The molecule has 6 heteroatoms. The van der Waals surface area contributed by atoms with Crippen molar-refractivity contribution in [2.45, 2.75) is 32.4 Å². The zero-order valence-corrected chi connectivity index (χ0v) is 12.9. The highest BCUT2D eigenvalue weighted by Crippen LogP contribution is 2.23. The lowest BCUT2D eigenvalue weighted by Gasteiger charge is -2.20. The lowest BCUT2D eigenvalue weighted by Crippen LogP contribution is -2.50. The van der Waals surface area contributed by atoms with Gasteiger partial charge in [0.05, 0.1) is 6.04 Å². The molecule has 3 N–H and O–H groups in total. The Labute approximate surface area is 129 Å². The van der Waals surface area contributed by atoms with Gasteiger partial charge in [-0.25, -0.2) is 0 Å². The quantitative estimate of drug-likeness (QED) is 0.886. The number of carbonyl (C=O) groups is 2. The maximum Gasteiger partial charge on any atom is 0.249 e. The second kappa shape index (κ2) is 6.45. The number of nitrogens with two attached hydrogens (primary N) is 1. The summed E-state index contributed by atoms with van der Waals surface area (Å²) >= 11 is 5.84. The van der Waals surface area contributed by atoms with E-state index in [-0.39, 0.29) is 17.7 Å². The standard InChI is InChI=1S/C15H20ClN3O2/c1-9(2)13(17)14(20)18-12-7-8-19(15(12)21)11-5-3-10(16)4-6-11/h3-6,9,12-13H,7-8,17H2,1-2H3,(H,18,20)/t12?,13-/m0/s1. The van der Waals surface area contributed by atoms with E-state index in [1.807, 2.05) is 13.8 Å². The molecular formula is C15H20ClN3O2. The van der Waals surface area contributed by atoms with Crippen LogP contribution in [0, 0.1) is 5.92 Å². The van der Waals surface area contributed by atoms with Crippen molar-refractivity contribution in [2.75, 3.05) is 11.4 Å². The fraction of sp³-hybridized carbons (Fsp3) is 0.467. The van der Waals surface area contributed by atoms with Gasteiger partial charge < -0.3 is 16.0 Å². The molecule has 0 spiro atoms. The average molecular weight is 310 g/mol. The summed E-state index contributed by atoms with van der Waals surface area (Å²) in [6.07, 6.45) is 0.581. The van der Waals surface area contributed by atoms with Gasteiger partial charge in [-0.3, -0.25) is 9.59 Å². The van der Waals surface area contributed by atoms with Crippen molar-refractivity contribution in [3.8, 4) is 0 Å². The van der Waals surface area contributed by atoms with Crippen LogP contribution >= 0.6 is 11.6 Å². The van der Waals surface area contributed by atoms with E-state index < -0.39 is 12.1 Å². The summed E-state index contributed by atoms with van der Waals surface area (Å²) in [7, 11) is 0. The summed E-state index contributed by atoms with van der Waals surface area (Å²) in [6, 6.07) is 5.98. The number of anilines is 1. The molecule has 1 unspecified atom stereocenters. The Morgan fingerprint density at radius 1 is 1.38 bits per heavy atom. The molecule has 1 aromatic carbocycles. The maximum absolute atomic E-state index is 12.4. The van der Waals surface area contributed by atoms with Gasteiger partial charge >= 0.3 is 0 Å². The summed E-state index contributed by atoms with van der Waals surface area (Å²) in [4.78, 5) is 26.0. The second-order valence-corrected chi connectivity index (χ2v) is 6.02. The average Bonchev–Trinajstić information content (AvgIpc) is 2.80. The predicted octanol–water partition coefficient (Wildman–Crippen LogP) is 1.54. The van der Waals surface area contributed by atoms with E-state index in [1.165, 1.54) is 0 Å².